The smallest absolute Gasteiger partial charge is 0.230 e. The third kappa shape index (κ3) is 5.59. The number of rotatable bonds is 9. The first kappa shape index (κ1) is 22.5. The zero-order chi connectivity index (χ0) is 23.0. The van der Waals surface area contributed by atoms with Crippen LogP contribution in [0, 0.1) is 6.92 Å². The Bertz CT molecular complexity index is 1210. The number of carbonyl (C=O) groups is 1. The number of nitrogens with one attached hydrogen (secondary N) is 1. The van der Waals surface area contributed by atoms with Crippen LogP contribution in [-0.4, -0.2) is 45.1 Å². The third-order valence-corrected chi connectivity index (χ3v) is 6.14. The van der Waals surface area contributed by atoms with Crippen LogP contribution in [0.25, 0.3) is 17.1 Å². The zero-order valence-corrected chi connectivity index (χ0v) is 19.4. The lowest BCUT2D eigenvalue weighted by atomic mass is 10.1. The Labute approximate surface area is 197 Å². The van der Waals surface area contributed by atoms with Crippen molar-refractivity contribution in [3.05, 3.63) is 84.2 Å². The van der Waals surface area contributed by atoms with Gasteiger partial charge in [-0.25, -0.2) is 0 Å². The number of aromatic nitrogens is 4. The van der Waals surface area contributed by atoms with Crippen LogP contribution in [0.4, 0.5) is 0 Å². The van der Waals surface area contributed by atoms with Crippen molar-refractivity contribution >= 4 is 17.7 Å². The van der Waals surface area contributed by atoms with Crippen molar-refractivity contribution in [2.24, 2.45) is 0 Å². The van der Waals surface area contributed by atoms with E-state index in [1.54, 1.807) is 19.5 Å². The van der Waals surface area contributed by atoms with Crippen LogP contribution in [0.15, 0.2) is 78.2 Å². The average Bonchev–Trinajstić information content (AvgIpc) is 3.28. The van der Waals surface area contributed by atoms with Crippen LogP contribution in [0.2, 0.25) is 0 Å². The standard InChI is InChI=1S/C25H25N5O2S/c1-18-5-3-4-6-19(18)13-16-27-23(31)17-33-25-29-28-24(20-11-14-26-15-12-20)30(25)21-7-9-22(32-2)10-8-21/h3-12,14-15H,13,16-17H2,1-2H3,(H,27,31). The lowest BCUT2D eigenvalue weighted by molar-refractivity contribution is -0.118. The maximum atomic E-state index is 12.5. The van der Waals surface area contributed by atoms with Gasteiger partial charge in [-0.2, -0.15) is 0 Å². The van der Waals surface area contributed by atoms with Gasteiger partial charge in [0.1, 0.15) is 5.75 Å². The normalized spacial score (nSPS) is 10.7. The van der Waals surface area contributed by atoms with Gasteiger partial charge in [0.2, 0.25) is 5.91 Å². The molecular weight excluding hydrogens is 434 g/mol. The van der Waals surface area contributed by atoms with Crippen LogP contribution < -0.4 is 10.1 Å². The minimum atomic E-state index is -0.0386. The molecule has 0 atom stereocenters. The van der Waals surface area contributed by atoms with Crippen molar-refractivity contribution in [3.63, 3.8) is 0 Å². The number of benzene rings is 2. The fourth-order valence-electron chi connectivity index (χ4n) is 3.42. The molecule has 4 aromatic rings. The lowest BCUT2D eigenvalue weighted by Gasteiger charge is -2.11. The van der Waals surface area contributed by atoms with Crippen molar-refractivity contribution in [1.29, 1.82) is 0 Å². The summed E-state index contributed by atoms with van der Waals surface area (Å²) in [6.07, 6.45) is 4.24. The fourth-order valence-corrected chi connectivity index (χ4v) is 4.21. The van der Waals surface area contributed by atoms with E-state index in [0.29, 0.717) is 17.5 Å². The number of aryl methyl sites for hydroxylation is 1. The second-order valence-corrected chi connectivity index (χ2v) is 8.33. The summed E-state index contributed by atoms with van der Waals surface area (Å²) in [4.78, 5) is 16.6. The molecule has 33 heavy (non-hydrogen) atoms. The Morgan fingerprint density at radius 1 is 1.03 bits per heavy atom. The highest BCUT2D eigenvalue weighted by molar-refractivity contribution is 7.99. The van der Waals surface area contributed by atoms with E-state index in [4.69, 9.17) is 4.74 Å². The summed E-state index contributed by atoms with van der Waals surface area (Å²) in [5, 5.41) is 12.4. The maximum Gasteiger partial charge on any atom is 0.230 e. The molecule has 4 rings (SSSR count). The van der Waals surface area contributed by atoms with Crippen LogP contribution in [-0.2, 0) is 11.2 Å². The first-order valence-corrected chi connectivity index (χ1v) is 11.6. The van der Waals surface area contributed by atoms with E-state index in [-0.39, 0.29) is 11.7 Å². The van der Waals surface area contributed by atoms with E-state index in [1.807, 2.05) is 53.1 Å². The number of hydrogen-bond donors (Lipinski definition) is 1. The highest BCUT2D eigenvalue weighted by Crippen LogP contribution is 2.28. The van der Waals surface area contributed by atoms with E-state index in [0.717, 1.165) is 23.4 Å². The Kier molecular flexibility index (Phi) is 7.36. The molecule has 0 saturated carbocycles. The van der Waals surface area contributed by atoms with Crippen LogP contribution in [0.5, 0.6) is 5.75 Å². The Morgan fingerprint density at radius 3 is 2.52 bits per heavy atom. The van der Waals surface area contributed by atoms with Gasteiger partial charge in [-0.05, 0) is 60.9 Å². The van der Waals surface area contributed by atoms with E-state index in [2.05, 4.69) is 39.6 Å². The SMILES string of the molecule is COc1ccc(-n2c(SCC(=O)NCCc3ccccc3C)nnc2-c2ccncc2)cc1. The zero-order valence-electron chi connectivity index (χ0n) is 18.6. The summed E-state index contributed by atoms with van der Waals surface area (Å²) in [5.41, 5.74) is 4.25. The fraction of sp³-hybridized carbons (Fsp3) is 0.200. The average molecular weight is 460 g/mol. The molecule has 0 radical (unpaired) electrons. The predicted octanol–water partition coefficient (Wildman–Crippen LogP) is 4.10. The van der Waals surface area contributed by atoms with Gasteiger partial charge in [-0.15, -0.1) is 10.2 Å². The minimum Gasteiger partial charge on any atom is -0.497 e. The molecule has 0 unspecified atom stereocenters. The van der Waals surface area contributed by atoms with Gasteiger partial charge in [0.15, 0.2) is 11.0 Å². The number of amides is 1. The van der Waals surface area contributed by atoms with Crippen LogP contribution in [0.1, 0.15) is 11.1 Å². The Morgan fingerprint density at radius 2 is 1.79 bits per heavy atom. The molecule has 0 aliphatic carbocycles. The van der Waals surface area contributed by atoms with Gasteiger partial charge in [-0.3, -0.25) is 14.3 Å². The van der Waals surface area contributed by atoms with Gasteiger partial charge in [0.25, 0.3) is 0 Å². The van der Waals surface area contributed by atoms with Gasteiger partial charge in [-0.1, -0.05) is 36.0 Å². The number of hydrogen-bond acceptors (Lipinski definition) is 6. The summed E-state index contributed by atoms with van der Waals surface area (Å²) in [6, 6.07) is 19.6. The van der Waals surface area contributed by atoms with Gasteiger partial charge in [0, 0.05) is 30.2 Å². The second kappa shape index (κ2) is 10.8. The molecular formula is C25H25N5O2S. The molecule has 7 nitrogen and oxygen atoms in total. The van der Waals surface area contributed by atoms with Crippen molar-refractivity contribution in [1.82, 2.24) is 25.1 Å². The van der Waals surface area contributed by atoms with E-state index in [1.165, 1.54) is 22.9 Å². The number of ether oxygens (including phenoxy) is 1. The first-order valence-electron chi connectivity index (χ1n) is 10.6. The molecule has 0 bridgehead atoms. The molecule has 2 aromatic carbocycles. The Balaban J connectivity index is 1.47. The molecule has 2 aromatic heterocycles. The summed E-state index contributed by atoms with van der Waals surface area (Å²) in [7, 11) is 1.63. The van der Waals surface area contributed by atoms with E-state index in [9.17, 15) is 4.79 Å². The number of carbonyl (C=O) groups excluding carboxylic acids is 1. The van der Waals surface area contributed by atoms with E-state index < -0.39 is 0 Å². The summed E-state index contributed by atoms with van der Waals surface area (Å²) < 4.78 is 7.22. The molecule has 1 N–H and O–H groups in total. The molecule has 2 heterocycles. The highest BCUT2D eigenvalue weighted by atomic mass is 32.2. The summed E-state index contributed by atoms with van der Waals surface area (Å²) in [6.45, 7) is 2.68. The van der Waals surface area contributed by atoms with Gasteiger partial charge in [0.05, 0.1) is 12.9 Å². The number of methoxy groups -OCH3 is 1. The molecule has 0 aliphatic rings. The molecule has 168 valence electrons. The second-order valence-electron chi connectivity index (χ2n) is 7.39. The van der Waals surface area contributed by atoms with Gasteiger partial charge < -0.3 is 10.1 Å². The molecule has 0 spiro atoms. The lowest BCUT2D eigenvalue weighted by Crippen LogP contribution is -2.27. The van der Waals surface area contributed by atoms with Crippen molar-refractivity contribution in [2.75, 3.05) is 19.4 Å². The largest absolute Gasteiger partial charge is 0.497 e. The third-order valence-electron chi connectivity index (χ3n) is 5.21. The number of thioether (sulfide) groups is 1. The minimum absolute atomic E-state index is 0.0386. The van der Waals surface area contributed by atoms with Crippen molar-refractivity contribution in [2.45, 2.75) is 18.5 Å². The number of nitrogens with zero attached hydrogens (tertiary/aromatic N) is 4. The number of pyridine rings is 1. The summed E-state index contributed by atoms with van der Waals surface area (Å²) >= 11 is 1.36. The van der Waals surface area contributed by atoms with Crippen molar-refractivity contribution < 1.29 is 9.53 Å². The maximum absolute atomic E-state index is 12.5. The summed E-state index contributed by atoms with van der Waals surface area (Å²) in [5.74, 6) is 1.66. The topological polar surface area (TPSA) is 81.9 Å². The first-order chi connectivity index (χ1) is 16.2. The van der Waals surface area contributed by atoms with Crippen LogP contribution >= 0.6 is 11.8 Å². The molecule has 0 fully saturated rings. The molecule has 1 amide bonds. The predicted molar refractivity (Wildman–Crippen MR) is 130 cm³/mol. The van der Waals surface area contributed by atoms with E-state index >= 15 is 0 Å². The quantitative estimate of drug-likeness (QED) is 0.380. The highest BCUT2D eigenvalue weighted by Gasteiger charge is 2.17. The molecule has 0 saturated heterocycles. The monoisotopic (exact) mass is 459 g/mol. The Hall–Kier alpha value is -3.65. The van der Waals surface area contributed by atoms with Crippen molar-refractivity contribution in [3.8, 4) is 22.8 Å². The molecule has 8 heteroatoms. The molecule has 0 aliphatic heterocycles. The van der Waals surface area contributed by atoms with Crippen LogP contribution in [0.3, 0.4) is 0 Å². The van der Waals surface area contributed by atoms with Gasteiger partial charge >= 0.3 is 0 Å².